The van der Waals surface area contributed by atoms with Gasteiger partial charge in [-0.25, -0.2) is 0 Å². The van der Waals surface area contributed by atoms with Crippen molar-refractivity contribution in [1.29, 1.82) is 0 Å². The van der Waals surface area contributed by atoms with Crippen LogP contribution >= 0.6 is 27.5 Å². The Morgan fingerprint density at radius 3 is 2.94 bits per heavy atom. The number of hydrogen-bond donors (Lipinski definition) is 1. The van der Waals surface area contributed by atoms with Gasteiger partial charge < -0.3 is 5.32 Å². The van der Waals surface area contributed by atoms with Crippen LogP contribution in [0.2, 0.25) is 5.02 Å². The third kappa shape index (κ3) is 3.65. The topological polar surface area (TPSA) is 29.1 Å². The van der Waals surface area contributed by atoms with E-state index < -0.39 is 0 Å². The zero-order valence-electron chi connectivity index (χ0n) is 8.97. The molecule has 0 heterocycles. The molecule has 1 unspecified atom stereocenters. The van der Waals surface area contributed by atoms with Crippen molar-refractivity contribution in [2.45, 2.75) is 19.4 Å². The largest absolute Gasteiger partial charge is 0.349 e. The monoisotopic (exact) mass is 301 g/mol. The van der Waals surface area contributed by atoms with Crippen molar-refractivity contribution in [2.75, 3.05) is 0 Å². The summed E-state index contributed by atoms with van der Waals surface area (Å²) in [6, 6.07) is 5.20. The predicted molar refractivity (Wildman–Crippen MR) is 70.9 cm³/mol. The fourth-order valence-corrected chi connectivity index (χ4v) is 1.68. The molecule has 1 aromatic rings. The average Bonchev–Trinajstić information content (AvgIpc) is 2.22. The number of rotatable bonds is 4. The smallest absolute Gasteiger partial charge is 0.251 e. The molecule has 0 saturated carbocycles. The number of benzene rings is 1. The predicted octanol–water partition coefficient (Wildman–Crippen LogP) is 3.80. The average molecular weight is 303 g/mol. The second-order valence-corrected chi connectivity index (χ2v) is 4.79. The molecule has 0 saturated heterocycles. The molecule has 1 amide bonds. The highest BCUT2D eigenvalue weighted by Crippen LogP contribution is 2.23. The number of carbonyl (C=O) groups is 1. The summed E-state index contributed by atoms with van der Waals surface area (Å²) in [6.45, 7) is 5.56. The molecule has 0 aliphatic carbocycles. The van der Waals surface area contributed by atoms with Crippen LogP contribution in [0.5, 0.6) is 0 Å². The second kappa shape index (κ2) is 6.06. The molecule has 0 aliphatic rings. The highest BCUT2D eigenvalue weighted by atomic mass is 79.9. The fourth-order valence-electron chi connectivity index (χ4n) is 1.25. The summed E-state index contributed by atoms with van der Waals surface area (Å²) in [5.74, 6) is -0.122. The number of amides is 1. The van der Waals surface area contributed by atoms with E-state index >= 15 is 0 Å². The van der Waals surface area contributed by atoms with E-state index in [4.69, 9.17) is 11.6 Å². The molecule has 1 aromatic carbocycles. The second-order valence-electron chi connectivity index (χ2n) is 3.53. The number of halogens is 2. The van der Waals surface area contributed by atoms with Crippen molar-refractivity contribution in [3.63, 3.8) is 0 Å². The van der Waals surface area contributed by atoms with Crippen LogP contribution in [0.25, 0.3) is 0 Å². The molecule has 1 N–H and O–H groups in total. The number of nitrogens with one attached hydrogen (secondary N) is 1. The standard InChI is InChI=1S/C12H13BrClNO/c1-3-4-8(2)15-12(16)9-5-6-10(13)11(14)7-9/h3,5-8H,1,4H2,2H3,(H,15,16). The van der Waals surface area contributed by atoms with Gasteiger partial charge in [-0.2, -0.15) is 0 Å². The molecule has 0 bridgehead atoms. The van der Waals surface area contributed by atoms with Gasteiger partial charge in [0, 0.05) is 16.1 Å². The highest BCUT2D eigenvalue weighted by molar-refractivity contribution is 9.10. The maximum absolute atomic E-state index is 11.8. The Kier molecular flexibility index (Phi) is 5.03. The first-order valence-corrected chi connectivity index (χ1v) is 6.08. The SMILES string of the molecule is C=CCC(C)NC(=O)c1ccc(Br)c(Cl)c1. The molecule has 1 atom stereocenters. The van der Waals surface area contributed by atoms with Crippen molar-refractivity contribution in [3.05, 3.63) is 45.9 Å². The summed E-state index contributed by atoms with van der Waals surface area (Å²) in [4.78, 5) is 11.8. The summed E-state index contributed by atoms with van der Waals surface area (Å²) in [7, 11) is 0. The van der Waals surface area contributed by atoms with Crippen LogP contribution < -0.4 is 5.32 Å². The Morgan fingerprint density at radius 1 is 1.69 bits per heavy atom. The van der Waals surface area contributed by atoms with E-state index in [-0.39, 0.29) is 11.9 Å². The molecule has 0 fully saturated rings. The van der Waals surface area contributed by atoms with E-state index in [0.29, 0.717) is 10.6 Å². The van der Waals surface area contributed by atoms with Gasteiger partial charge in [0.2, 0.25) is 0 Å². The van der Waals surface area contributed by atoms with Crippen molar-refractivity contribution >= 4 is 33.4 Å². The molecule has 0 spiro atoms. The molecule has 2 nitrogen and oxygen atoms in total. The van der Waals surface area contributed by atoms with Gasteiger partial charge in [-0.3, -0.25) is 4.79 Å². The van der Waals surface area contributed by atoms with Crippen LogP contribution in [-0.2, 0) is 0 Å². The van der Waals surface area contributed by atoms with Crippen molar-refractivity contribution < 1.29 is 4.79 Å². The molecule has 86 valence electrons. The molecule has 0 aliphatic heterocycles. The van der Waals surface area contributed by atoms with Crippen LogP contribution in [0.1, 0.15) is 23.7 Å². The van der Waals surface area contributed by atoms with Gasteiger partial charge in [0.05, 0.1) is 5.02 Å². The van der Waals surface area contributed by atoms with Crippen LogP contribution in [0.3, 0.4) is 0 Å². The van der Waals surface area contributed by atoms with E-state index in [1.54, 1.807) is 24.3 Å². The normalized spacial score (nSPS) is 11.9. The highest BCUT2D eigenvalue weighted by Gasteiger charge is 2.09. The third-order valence-corrected chi connectivity index (χ3v) is 3.31. The van der Waals surface area contributed by atoms with Gasteiger partial charge in [-0.1, -0.05) is 17.7 Å². The third-order valence-electron chi connectivity index (χ3n) is 2.08. The van der Waals surface area contributed by atoms with Gasteiger partial charge >= 0.3 is 0 Å². The van der Waals surface area contributed by atoms with E-state index in [9.17, 15) is 4.79 Å². The van der Waals surface area contributed by atoms with Crippen LogP contribution in [0.4, 0.5) is 0 Å². The Labute approximate surface area is 109 Å². The summed E-state index contributed by atoms with van der Waals surface area (Å²) in [5, 5.41) is 3.39. The summed E-state index contributed by atoms with van der Waals surface area (Å²) in [5.41, 5.74) is 0.559. The Balaban J connectivity index is 2.73. The Morgan fingerprint density at radius 2 is 2.38 bits per heavy atom. The zero-order chi connectivity index (χ0) is 12.1. The lowest BCUT2D eigenvalue weighted by atomic mass is 10.2. The maximum Gasteiger partial charge on any atom is 0.251 e. The van der Waals surface area contributed by atoms with Gasteiger partial charge in [0.1, 0.15) is 0 Å². The summed E-state index contributed by atoms with van der Waals surface area (Å²) < 4.78 is 0.782. The van der Waals surface area contributed by atoms with Crippen LogP contribution in [0.15, 0.2) is 35.3 Å². The molecule has 1 rings (SSSR count). The van der Waals surface area contributed by atoms with E-state index in [1.165, 1.54) is 0 Å². The lowest BCUT2D eigenvalue weighted by Gasteiger charge is -2.11. The van der Waals surface area contributed by atoms with Crippen molar-refractivity contribution in [2.24, 2.45) is 0 Å². The van der Waals surface area contributed by atoms with Gasteiger partial charge in [0.25, 0.3) is 5.91 Å². The van der Waals surface area contributed by atoms with Crippen LogP contribution in [-0.4, -0.2) is 11.9 Å². The minimum Gasteiger partial charge on any atom is -0.349 e. The maximum atomic E-state index is 11.8. The fraction of sp³-hybridized carbons (Fsp3) is 0.250. The molecule has 4 heteroatoms. The summed E-state index contributed by atoms with van der Waals surface area (Å²) >= 11 is 9.19. The van der Waals surface area contributed by atoms with Gasteiger partial charge in [-0.15, -0.1) is 6.58 Å². The number of carbonyl (C=O) groups excluding carboxylic acids is 1. The Hall–Kier alpha value is -0.800. The number of hydrogen-bond acceptors (Lipinski definition) is 1. The zero-order valence-corrected chi connectivity index (χ0v) is 11.3. The van der Waals surface area contributed by atoms with E-state index in [2.05, 4.69) is 27.8 Å². The van der Waals surface area contributed by atoms with Gasteiger partial charge in [-0.05, 0) is 47.5 Å². The minimum absolute atomic E-state index is 0.0763. The summed E-state index contributed by atoms with van der Waals surface area (Å²) in [6.07, 6.45) is 2.52. The lowest BCUT2D eigenvalue weighted by molar-refractivity contribution is 0.0940. The van der Waals surface area contributed by atoms with Crippen molar-refractivity contribution in [3.8, 4) is 0 Å². The first kappa shape index (κ1) is 13.3. The minimum atomic E-state index is -0.122. The van der Waals surface area contributed by atoms with E-state index in [0.717, 1.165) is 10.9 Å². The Bertz CT molecular complexity index is 406. The van der Waals surface area contributed by atoms with E-state index in [1.807, 2.05) is 6.92 Å². The molecular formula is C12H13BrClNO. The molecule has 16 heavy (non-hydrogen) atoms. The molecule has 0 radical (unpaired) electrons. The quantitative estimate of drug-likeness (QED) is 0.842. The first-order valence-electron chi connectivity index (χ1n) is 4.91. The molecular weight excluding hydrogens is 289 g/mol. The van der Waals surface area contributed by atoms with Crippen LogP contribution in [0, 0.1) is 0 Å². The lowest BCUT2D eigenvalue weighted by Crippen LogP contribution is -2.32. The van der Waals surface area contributed by atoms with Crippen molar-refractivity contribution in [1.82, 2.24) is 5.32 Å². The first-order chi connectivity index (χ1) is 7.54. The molecule has 0 aromatic heterocycles. The van der Waals surface area contributed by atoms with Gasteiger partial charge in [0.15, 0.2) is 0 Å².